The molecule has 1 aliphatic rings. The molecule has 1 fully saturated rings. The van der Waals surface area contributed by atoms with Crippen LogP contribution in [0, 0.1) is 6.92 Å². The highest BCUT2D eigenvalue weighted by molar-refractivity contribution is 8.01. The van der Waals surface area contributed by atoms with Crippen LogP contribution in [0.25, 0.3) is 0 Å². The van der Waals surface area contributed by atoms with Gasteiger partial charge in [0.2, 0.25) is 0 Å². The van der Waals surface area contributed by atoms with E-state index in [-0.39, 0.29) is 0 Å². The summed E-state index contributed by atoms with van der Waals surface area (Å²) in [6.45, 7) is 1.94. The van der Waals surface area contributed by atoms with Crippen LogP contribution in [0.5, 0.6) is 0 Å². The van der Waals surface area contributed by atoms with Crippen molar-refractivity contribution in [1.29, 1.82) is 0 Å². The van der Waals surface area contributed by atoms with Gasteiger partial charge in [0.15, 0.2) is 0 Å². The molecule has 0 spiro atoms. The van der Waals surface area contributed by atoms with Crippen molar-refractivity contribution in [3.8, 4) is 0 Å². The molecular formula is C10H14N2O2S2. The van der Waals surface area contributed by atoms with E-state index >= 15 is 0 Å². The van der Waals surface area contributed by atoms with Crippen molar-refractivity contribution in [3.63, 3.8) is 0 Å². The van der Waals surface area contributed by atoms with Crippen LogP contribution < -0.4 is 5.32 Å². The fourth-order valence-corrected chi connectivity index (χ4v) is 3.18. The molecular weight excluding hydrogens is 244 g/mol. The molecule has 1 saturated carbocycles. The van der Waals surface area contributed by atoms with Crippen LogP contribution in [0.4, 0.5) is 0 Å². The second kappa shape index (κ2) is 5.16. The summed E-state index contributed by atoms with van der Waals surface area (Å²) < 4.78 is 0.946. The van der Waals surface area contributed by atoms with Crippen molar-refractivity contribution in [1.82, 2.24) is 10.3 Å². The van der Waals surface area contributed by atoms with Gasteiger partial charge in [0, 0.05) is 22.9 Å². The number of aliphatic carboxylic acids is 1. The lowest BCUT2D eigenvalue weighted by molar-refractivity contribution is -0.138. The van der Waals surface area contributed by atoms with Crippen LogP contribution >= 0.6 is 23.1 Å². The minimum absolute atomic E-state index is 0.416. The zero-order valence-corrected chi connectivity index (χ0v) is 10.6. The normalized spacial score (nSPS) is 17.3. The Bertz CT molecular complexity index is 377. The molecule has 0 aromatic carbocycles. The van der Waals surface area contributed by atoms with Crippen LogP contribution in [0.15, 0.2) is 9.72 Å². The van der Waals surface area contributed by atoms with Gasteiger partial charge in [-0.05, 0) is 19.8 Å². The molecule has 0 bridgehead atoms. The summed E-state index contributed by atoms with van der Waals surface area (Å²) in [7, 11) is 0. The summed E-state index contributed by atoms with van der Waals surface area (Å²) >= 11 is 3.08. The zero-order valence-electron chi connectivity index (χ0n) is 8.97. The van der Waals surface area contributed by atoms with Gasteiger partial charge in [-0.25, -0.2) is 4.98 Å². The molecule has 1 aromatic heterocycles. The van der Waals surface area contributed by atoms with Crippen LogP contribution in [0.2, 0.25) is 0 Å². The molecule has 2 N–H and O–H groups in total. The molecule has 1 aliphatic carbocycles. The lowest BCUT2D eigenvalue weighted by atomic mass is 10.3. The van der Waals surface area contributed by atoms with Crippen LogP contribution in [-0.2, 0) is 4.79 Å². The van der Waals surface area contributed by atoms with E-state index in [0.717, 1.165) is 22.9 Å². The van der Waals surface area contributed by atoms with Crippen molar-refractivity contribution in [2.45, 2.75) is 36.2 Å². The maximum Gasteiger partial charge on any atom is 0.321 e. The van der Waals surface area contributed by atoms with Gasteiger partial charge in [-0.2, -0.15) is 0 Å². The smallest absolute Gasteiger partial charge is 0.321 e. The van der Waals surface area contributed by atoms with Gasteiger partial charge in [-0.1, -0.05) is 11.8 Å². The summed E-state index contributed by atoms with van der Waals surface area (Å²) in [5, 5.41) is 14.1. The Kier molecular flexibility index (Phi) is 3.83. The third-order valence-electron chi connectivity index (χ3n) is 2.28. The molecule has 16 heavy (non-hydrogen) atoms. The molecule has 1 atom stereocenters. The molecule has 0 radical (unpaired) electrons. The van der Waals surface area contributed by atoms with E-state index in [0.29, 0.717) is 11.8 Å². The third kappa shape index (κ3) is 3.47. The molecule has 2 rings (SSSR count). The Morgan fingerprint density at radius 3 is 3.06 bits per heavy atom. The van der Waals surface area contributed by atoms with E-state index in [2.05, 4.69) is 10.3 Å². The monoisotopic (exact) mass is 258 g/mol. The van der Waals surface area contributed by atoms with Gasteiger partial charge in [-0.3, -0.25) is 4.79 Å². The molecule has 0 amide bonds. The Morgan fingerprint density at radius 2 is 2.56 bits per heavy atom. The van der Waals surface area contributed by atoms with E-state index in [1.165, 1.54) is 11.8 Å². The number of rotatable bonds is 6. The highest BCUT2D eigenvalue weighted by Crippen LogP contribution is 2.25. The van der Waals surface area contributed by atoms with Gasteiger partial charge in [0.05, 0.1) is 0 Å². The number of aryl methyl sites for hydroxylation is 1. The Labute approximate surface area is 102 Å². The quantitative estimate of drug-likeness (QED) is 0.761. The number of nitrogens with one attached hydrogen (secondary N) is 1. The van der Waals surface area contributed by atoms with Crippen LogP contribution in [0.3, 0.4) is 0 Å². The SMILES string of the molecule is Cc1csc(SCC(NC2CC2)C(=O)O)n1. The lowest BCUT2D eigenvalue weighted by Gasteiger charge is -2.12. The first-order valence-corrected chi connectivity index (χ1v) is 7.05. The molecule has 4 nitrogen and oxygen atoms in total. The molecule has 0 aliphatic heterocycles. The van der Waals surface area contributed by atoms with Gasteiger partial charge in [0.25, 0.3) is 0 Å². The number of nitrogens with zero attached hydrogens (tertiary/aromatic N) is 1. The summed E-state index contributed by atoms with van der Waals surface area (Å²) in [4.78, 5) is 15.3. The van der Waals surface area contributed by atoms with Gasteiger partial charge < -0.3 is 10.4 Å². The fourth-order valence-electron chi connectivity index (χ4n) is 1.28. The first kappa shape index (κ1) is 11.9. The zero-order chi connectivity index (χ0) is 11.5. The Hall–Kier alpha value is -0.590. The second-order valence-corrected chi connectivity index (χ2v) is 6.02. The topological polar surface area (TPSA) is 62.2 Å². The molecule has 1 heterocycles. The predicted octanol–water partition coefficient (Wildman–Crippen LogP) is 1.75. The van der Waals surface area contributed by atoms with E-state index in [4.69, 9.17) is 5.11 Å². The minimum atomic E-state index is -0.771. The van der Waals surface area contributed by atoms with E-state index in [9.17, 15) is 4.79 Å². The van der Waals surface area contributed by atoms with Gasteiger partial charge in [-0.15, -0.1) is 11.3 Å². The summed E-state index contributed by atoms with van der Waals surface area (Å²) in [5.74, 6) is -0.230. The first-order valence-electron chi connectivity index (χ1n) is 5.19. The summed E-state index contributed by atoms with van der Waals surface area (Å²) in [6, 6.07) is -0.0403. The molecule has 0 saturated heterocycles. The first-order chi connectivity index (χ1) is 7.65. The van der Waals surface area contributed by atoms with E-state index < -0.39 is 12.0 Å². The number of hydrogen-bond donors (Lipinski definition) is 2. The number of carbonyl (C=O) groups is 1. The maximum atomic E-state index is 11.0. The Morgan fingerprint density at radius 1 is 1.81 bits per heavy atom. The average Bonchev–Trinajstić information content (AvgIpc) is 2.95. The van der Waals surface area contributed by atoms with E-state index in [1.54, 1.807) is 11.3 Å². The molecule has 88 valence electrons. The largest absolute Gasteiger partial charge is 0.480 e. The van der Waals surface area contributed by atoms with Crippen molar-refractivity contribution >= 4 is 29.1 Å². The van der Waals surface area contributed by atoms with Crippen molar-refractivity contribution in [2.75, 3.05) is 5.75 Å². The number of thioether (sulfide) groups is 1. The predicted molar refractivity (Wildman–Crippen MR) is 65.2 cm³/mol. The van der Waals surface area contributed by atoms with E-state index in [1.807, 2.05) is 12.3 Å². The number of carboxylic acids is 1. The average molecular weight is 258 g/mol. The standard InChI is InChI=1S/C10H14N2O2S2/c1-6-4-15-10(11-6)16-5-8(9(13)14)12-7-2-3-7/h4,7-8,12H,2-3,5H2,1H3,(H,13,14). The Balaban J connectivity index is 1.83. The minimum Gasteiger partial charge on any atom is -0.480 e. The van der Waals surface area contributed by atoms with Gasteiger partial charge in [0.1, 0.15) is 10.4 Å². The molecule has 6 heteroatoms. The number of carboxylic acid groups (broad SMARTS) is 1. The lowest BCUT2D eigenvalue weighted by Crippen LogP contribution is -2.40. The molecule has 1 unspecified atom stereocenters. The summed E-state index contributed by atoms with van der Waals surface area (Å²) in [6.07, 6.45) is 2.20. The molecule has 1 aromatic rings. The third-order valence-corrected chi connectivity index (χ3v) is 4.52. The van der Waals surface area contributed by atoms with Crippen molar-refractivity contribution < 1.29 is 9.90 Å². The highest BCUT2D eigenvalue weighted by atomic mass is 32.2. The second-order valence-electron chi connectivity index (χ2n) is 3.90. The number of hydrogen-bond acceptors (Lipinski definition) is 5. The van der Waals surface area contributed by atoms with Crippen LogP contribution in [0.1, 0.15) is 18.5 Å². The van der Waals surface area contributed by atoms with Crippen molar-refractivity contribution in [3.05, 3.63) is 11.1 Å². The number of aromatic nitrogens is 1. The fraction of sp³-hybridized carbons (Fsp3) is 0.600. The van der Waals surface area contributed by atoms with Crippen LogP contribution in [-0.4, -0.2) is 33.9 Å². The van der Waals surface area contributed by atoms with Gasteiger partial charge >= 0.3 is 5.97 Å². The maximum absolute atomic E-state index is 11.0. The summed E-state index contributed by atoms with van der Waals surface area (Å²) in [5.41, 5.74) is 0.995. The van der Waals surface area contributed by atoms with Crippen molar-refractivity contribution in [2.24, 2.45) is 0 Å². The highest BCUT2D eigenvalue weighted by Gasteiger charge is 2.28. The number of thiazole rings is 1.